The van der Waals surface area contributed by atoms with E-state index in [1.807, 2.05) is 6.08 Å². The Morgan fingerprint density at radius 2 is 1.89 bits per heavy atom. The molecule has 0 bridgehead atoms. The van der Waals surface area contributed by atoms with Crippen LogP contribution >= 0.6 is 0 Å². The molecule has 102 valence electrons. The van der Waals surface area contributed by atoms with E-state index < -0.39 is 4.92 Å². The molecule has 0 spiro atoms. The number of nitro benzene ring substituents is 1. The molecule has 4 nitrogen and oxygen atoms in total. The predicted octanol–water partition coefficient (Wildman–Crippen LogP) is 4.30. The maximum Gasteiger partial charge on any atom is 0.269 e. The van der Waals surface area contributed by atoms with Crippen molar-refractivity contribution in [3.63, 3.8) is 0 Å². The van der Waals surface area contributed by atoms with E-state index in [1.54, 1.807) is 6.08 Å². The number of hydrogen-bond acceptors (Lipinski definition) is 3. The Morgan fingerprint density at radius 3 is 2.47 bits per heavy atom. The Morgan fingerprint density at radius 1 is 1.21 bits per heavy atom. The smallest absolute Gasteiger partial charge is 0.269 e. The molecule has 0 aromatic heterocycles. The average molecular weight is 261 g/mol. The summed E-state index contributed by atoms with van der Waals surface area (Å²) < 4.78 is 0. The van der Waals surface area contributed by atoms with Crippen LogP contribution in [0.1, 0.15) is 49.4 Å². The molecule has 19 heavy (non-hydrogen) atoms. The molecular weight excluding hydrogens is 242 g/mol. The van der Waals surface area contributed by atoms with Crippen molar-refractivity contribution in [3.8, 4) is 0 Å². The molecule has 0 heterocycles. The minimum atomic E-state index is -0.474. The highest BCUT2D eigenvalue weighted by Crippen LogP contribution is 2.12. The number of nitro groups is 1. The van der Waals surface area contributed by atoms with Gasteiger partial charge in [0.15, 0.2) is 5.78 Å². The number of benzene rings is 1. The lowest BCUT2D eigenvalue weighted by Gasteiger charge is -1.96. The summed E-state index contributed by atoms with van der Waals surface area (Å²) in [5.74, 6) is -0.106. The van der Waals surface area contributed by atoms with Gasteiger partial charge in [0.25, 0.3) is 5.69 Å². The van der Waals surface area contributed by atoms with Crippen LogP contribution in [0.4, 0.5) is 5.69 Å². The molecule has 0 N–H and O–H groups in total. The van der Waals surface area contributed by atoms with Crippen molar-refractivity contribution in [2.45, 2.75) is 39.0 Å². The van der Waals surface area contributed by atoms with Gasteiger partial charge >= 0.3 is 0 Å². The van der Waals surface area contributed by atoms with Crippen molar-refractivity contribution in [3.05, 3.63) is 52.1 Å². The number of allylic oxidation sites excluding steroid dienone is 2. The van der Waals surface area contributed by atoms with Gasteiger partial charge in [0.1, 0.15) is 0 Å². The second kappa shape index (κ2) is 8.19. The zero-order chi connectivity index (χ0) is 14.1. The van der Waals surface area contributed by atoms with E-state index >= 15 is 0 Å². The zero-order valence-electron chi connectivity index (χ0n) is 11.2. The molecule has 0 amide bonds. The topological polar surface area (TPSA) is 60.2 Å². The quantitative estimate of drug-likeness (QED) is 0.230. The van der Waals surface area contributed by atoms with Gasteiger partial charge in [-0.2, -0.15) is 0 Å². The lowest BCUT2D eigenvalue weighted by molar-refractivity contribution is -0.384. The first-order chi connectivity index (χ1) is 9.15. The summed E-state index contributed by atoms with van der Waals surface area (Å²) in [7, 11) is 0. The maximum atomic E-state index is 11.8. The summed E-state index contributed by atoms with van der Waals surface area (Å²) in [6, 6.07) is 5.68. The van der Waals surface area contributed by atoms with E-state index in [0.29, 0.717) is 5.56 Å². The molecule has 1 aromatic rings. The van der Waals surface area contributed by atoms with Crippen LogP contribution < -0.4 is 0 Å². The van der Waals surface area contributed by atoms with Crippen molar-refractivity contribution in [1.82, 2.24) is 0 Å². The standard InChI is InChI=1S/C15H19NO3/c1-2-3-4-5-6-7-8-15(17)13-9-11-14(12-10-13)16(18)19/h7-12H,2-6H2,1H3/b8-7+. The number of carbonyl (C=O) groups is 1. The fourth-order valence-electron chi connectivity index (χ4n) is 1.72. The SMILES string of the molecule is CCCCCC/C=C/C(=O)c1ccc([N+](=O)[O-])cc1. The number of unbranched alkanes of at least 4 members (excludes halogenated alkanes) is 4. The van der Waals surface area contributed by atoms with Gasteiger partial charge in [0.2, 0.25) is 0 Å². The zero-order valence-corrected chi connectivity index (χ0v) is 11.2. The number of rotatable bonds is 8. The highest BCUT2D eigenvalue weighted by Gasteiger charge is 2.06. The van der Waals surface area contributed by atoms with Gasteiger partial charge in [-0.05, 0) is 31.1 Å². The lowest BCUT2D eigenvalue weighted by Crippen LogP contribution is -1.95. The molecule has 1 rings (SSSR count). The molecule has 0 atom stereocenters. The average Bonchev–Trinajstić information content (AvgIpc) is 2.42. The molecule has 0 saturated heterocycles. The molecule has 0 aliphatic rings. The van der Waals surface area contributed by atoms with Crippen LogP contribution in [-0.4, -0.2) is 10.7 Å². The molecule has 0 aliphatic carbocycles. The van der Waals surface area contributed by atoms with Crippen molar-refractivity contribution in [2.75, 3.05) is 0 Å². The number of hydrogen-bond donors (Lipinski definition) is 0. The van der Waals surface area contributed by atoms with Gasteiger partial charge in [0, 0.05) is 17.7 Å². The summed E-state index contributed by atoms with van der Waals surface area (Å²) in [5.41, 5.74) is 0.482. The van der Waals surface area contributed by atoms with E-state index in [2.05, 4.69) is 6.92 Å². The van der Waals surface area contributed by atoms with Crippen molar-refractivity contribution in [1.29, 1.82) is 0 Å². The number of non-ortho nitro benzene ring substituents is 1. The Kier molecular flexibility index (Phi) is 6.50. The van der Waals surface area contributed by atoms with Crippen LogP contribution in [0.15, 0.2) is 36.4 Å². The van der Waals surface area contributed by atoms with Gasteiger partial charge in [-0.25, -0.2) is 0 Å². The molecule has 0 radical (unpaired) electrons. The van der Waals surface area contributed by atoms with Crippen LogP contribution in [0, 0.1) is 10.1 Å². The van der Waals surface area contributed by atoms with E-state index in [1.165, 1.54) is 43.5 Å². The van der Waals surface area contributed by atoms with Crippen molar-refractivity contribution >= 4 is 11.5 Å². The summed E-state index contributed by atoms with van der Waals surface area (Å²) in [6.45, 7) is 2.16. The Labute approximate surface area is 113 Å². The van der Waals surface area contributed by atoms with E-state index in [9.17, 15) is 14.9 Å². The van der Waals surface area contributed by atoms with E-state index in [4.69, 9.17) is 0 Å². The summed E-state index contributed by atoms with van der Waals surface area (Å²) in [6.07, 6.45) is 9.03. The molecular formula is C15H19NO3. The lowest BCUT2D eigenvalue weighted by atomic mass is 10.1. The van der Waals surface area contributed by atoms with Gasteiger partial charge in [-0.1, -0.05) is 32.3 Å². The van der Waals surface area contributed by atoms with Crippen LogP contribution in [0.3, 0.4) is 0 Å². The van der Waals surface area contributed by atoms with E-state index in [0.717, 1.165) is 12.8 Å². The summed E-state index contributed by atoms with van der Waals surface area (Å²) in [5, 5.41) is 10.5. The highest BCUT2D eigenvalue weighted by atomic mass is 16.6. The maximum absolute atomic E-state index is 11.8. The normalized spacial score (nSPS) is 10.8. The first kappa shape index (κ1) is 15.1. The van der Waals surface area contributed by atoms with Gasteiger partial charge in [-0.15, -0.1) is 0 Å². The predicted molar refractivity (Wildman–Crippen MR) is 75.3 cm³/mol. The van der Waals surface area contributed by atoms with Crippen LogP contribution in [0.25, 0.3) is 0 Å². The summed E-state index contributed by atoms with van der Waals surface area (Å²) in [4.78, 5) is 21.8. The van der Waals surface area contributed by atoms with Gasteiger partial charge in [0.05, 0.1) is 4.92 Å². The number of nitrogens with zero attached hydrogens (tertiary/aromatic N) is 1. The first-order valence-electron chi connectivity index (χ1n) is 6.60. The Hall–Kier alpha value is -1.97. The van der Waals surface area contributed by atoms with Crippen LogP contribution in [0.2, 0.25) is 0 Å². The fraction of sp³-hybridized carbons (Fsp3) is 0.400. The van der Waals surface area contributed by atoms with Gasteiger partial charge in [-0.3, -0.25) is 14.9 Å². The highest BCUT2D eigenvalue weighted by molar-refractivity contribution is 6.04. The second-order valence-corrected chi connectivity index (χ2v) is 4.42. The molecule has 0 fully saturated rings. The molecule has 0 aliphatic heterocycles. The first-order valence-corrected chi connectivity index (χ1v) is 6.60. The molecule has 0 saturated carbocycles. The van der Waals surface area contributed by atoms with Crippen LogP contribution in [-0.2, 0) is 0 Å². The monoisotopic (exact) mass is 261 g/mol. The molecule has 4 heteroatoms. The second-order valence-electron chi connectivity index (χ2n) is 4.42. The van der Waals surface area contributed by atoms with Crippen molar-refractivity contribution in [2.24, 2.45) is 0 Å². The largest absolute Gasteiger partial charge is 0.289 e. The van der Waals surface area contributed by atoms with Crippen LogP contribution in [0.5, 0.6) is 0 Å². The minimum Gasteiger partial charge on any atom is -0.289 e. The molecule has 1 aromatic carbocycles. The summed E-state index contributed by atoms with van der Waals surface area (Å²) >= 11 is 0. The third kappa shape index (κ3) is 5.46. The molecule has 0 unspecified atom stereocenters. The fourth-order valence-corrected chi connectivity index (χ4v) is 1.72. The third-order valence-electron chi connectivity index (χ3n) is 2.86. The third-order valence-corrected chi connectivity index (χ3v) is 2.86. The Bertz CT molecular complexity index is 449. The number of carbonyl (C=O) groups excluding carboxylic acids is 1. The van der Waals surface area contributed by atoms with E-state index in [-0.39, 0.29) is 11.5 Å². The van der Waals surface area contributed by atoms with Gasteiger partial charge < -0.3 is 0 Å². The van der Waals surface area contributed by atoms with Crippen molar-refractivity contribution < 1.29 is 9.72 Å². The minimum absolute atomic E-state index is 0.0000882. The Balaban J connectivity index is 2.44. The number of ketones is 1.